The lowest BCUT2D eigenvalue weighted by Crippen LogP contribution is -2.53. The van der Waals surface area contributed by atoms with Gasteiger partial charge in [0.25, 0.3) is 0 Å². The molecule has 0 bridgehead atoms. The van der Waals surface area contributed by atoms with E-state index in [0.717, 1.165) is 38.2 Å². The minimum atomic E-state index is -0.0248. The molecule has 1 saturated carbocycles. The Labute approximate surface area is 96.7 Å². The summed E-state index contributed by atoms with van der Waals surface area (Å²) >= 11 is 0. The third-order valence-corrected chi connectivity index (χ3v) is 3.50. The van der Waals surface area contributed by atoms with Crippen LogP contribution in [0.25, 0.3) is 0 Å². The molecule has 0 aromatic carbocycles. The summed E-state index contributed by atoms with van der Waals surface area (Å²) in [6.45, 7) is 4.18. The van der Waals surface area contributed by atoms with Crippen LogP contribution in [0, 0.1) is 0 Å². The van der Waals surface area contributed by atoms with Gasteiger partial charge in [0.1, 0.15) is 5.82 Å². The van der Waals surface area contributed by atoms with Crippen molar-refractivity contribution in [2.45, 2.75) is 51.2 Å². The van der Waals surface area contributed by atoms with Crippen molar-refractivity contribution in [1.29, 1.82) is 0 Å². The Balaban J connectivity index is 1.91. The second-order valence-electron chi connectivity index (χ2n) is 4.68. The van der Waals surface area contributed by atoms with Gasteiger partial charge in [-0.25, -0.2) is 4.98 Å². The molecule has 0 amide bonds. The number of aromatic nitrogens is 2. The van der Waals surface area contributed by atoms with Gasteiger partial charge in [-0.05, 0) is 25.7 Å². The van der Waals surface area contributed by atoms with E-state index in [2.05, 4.69) is 21.8 Å². The maximum Gasteiger partial charge on any atom is 0.122 e. The van der Waals surface area contributed by atoms with Gasteiger partial charge in [-0.3, -0.25) is 0 Å². The largest absolute Gasteiger partial charge is 0.394 e. The van der Waals surface area contributed by atoms with Gasteiger partial charge in [0.2, 0.25) is 0 Å². The fourth-order valence-electron chi connectivity index (χ4n) is 2.21. The molecule has 4 nitrogen and oxygen atoms in total. The van der Waals surface area contributed by atoms with E-state index in [-0.39, 0.29) is 12.1 Å². The summed E-state index contributed by atoms with van der Waals surface area (Å²) in [5, 5.41) is 12.8. The standard InChI is InChI=1S/C12H21N3O/c1-2-7-15-8-6-13-11(15)9-14-12(10-16)4-3-5-12/h6,8,14,16H,2-5,7,9-10H2,1H3. The highest BCUT2D eigenvalue weighted by molar-refractivity contribution is 4.99. The summed E-state index contributed by atoms with van der Waals surface area (Å²) in [5.41, 5.74) is -0.0248. The van der Waals surface area contributed by atoms with Gasteiger partial charge >= 0.3 is 0 Å². The van der Waals surface area contributed by atoms with Crippen LogP contribution in [0.5, 0.6) is 0 Å². The van der Waals surface area contributed by atoms with Gasteiger partial charge in [-0.15, -0.1) is 0 Å². The first kappa shape index (κ1) is 11.6. The number of hydrogen-bond acceptors (Lipinski definition) is 3. The van der Waals surface area contributed by atoms with Crippen LogP contribution in [0.15, 0.2) is 12.4 Å². The molecule has 16 heavy (non-hydrogen) atoms. The highest BCUT2D eigenvalue weighted by Crippen LogP contribution is 2.31. The minimum Gasteiger partial charge on any atom is -0.394 e. The van der Waals surface area contributed by atoms with Gasteiger partial charge in [-0.2, -0.15) is 0 Å². The molecular weight excluding hydrogens is 202 g/mol. The third-order valence-electron chi connectivity index (χ3n) is 3.50. The van der Waals surface area contributed by atoms with E-state index < -0.39 is 0 Å². The van der Waals surface area contributed by atoms with Crippen molar-refractivity contribution in [3.05, 3.63) is 18.2 Å². The summed E-state index contributed by atoms with van der Waals surface area (Å²) < 4.78 is 2.18. The Kier molecular flexibility index (Phi) is 3.61. The maximum atomic E-state index is 9.35. The molecule has 0 spiro atoms. The molecule has 2 rings (SSSR count). The molecule has 1 fully saturated rings. The summed E-state index contributed by atoms with van der Waals surface area (Å²) in [5.74, 6) is 1.07. The van der Waals surface area contributed by atoms with E-state index in [1.165, 1.54) is 6.42 Å². The lowest BCUT2D eigenvalue weighted by Gasteiger charge is -2.41. The van der Waals surface area contributed by atoms with E-state index in [9.17, 15) is 5.11 Å². The molecule has 0 aliphatic heterocycles. The molecule has 1 heterocycles. The van der Waals surface area contributed by atoms with Crippen molar-refractivity contribution in [2.75, 3.05) is 6.61 Å². The lowest BCUT2D eigenvalue weighted by molar-refractivity contribution is 0.0861. The number of rotatable bonds is 6. The van der Waals surface area contributed by atoms with E-state index in [1.807, 2.05) is 12.4 Å². The second kappa shape index (κ2) is 4.97. The normalized spacial score (nSPS) is 18.4. The Morgan fingerprint density at radius 3 is 2.94 bits per heavy atom. The molecule has 1 aliphatic carbocycles. The van der Waals surface area contributed by atoms with Crippen molar-refractivity contribution in [3.8, 4) is 0 Å². The van der Waals surface area contributed by atoms with Crippen LogP contribution in [0.3, 0.4) is 0 Å². The van der Waals surface area contributed by atoms with Crippen molar-refractivity contribution >= 4 is 0 Å². The number of nitrogens with one attached hydrogen (secondary N) is 1. The van der Waals surface area contributed by atoms with Gasteiger partial charge in [0, 0.05) is 24.5 Å². The maximum absolute atomic E-state index is 9.35. The zero-order valence-corrected chi connectivity index (χ0v) is 9.95. The molecule has 0 radical (unpaired) electrons. The van der Waals surface area contributed by atoms with E-state index >= 15 is 0 Å². The first-order valence-electron chi connectivity index (χ1n) is 6.15. The fraction of sp³-hybridized carbons (Fsp3) is 0.750. The summed E-state index contributed by atoms with van der Waals surface area (Å²) in [6.07, 6.45) is 8.37. The van der Waals surface area contributed by atoms with Crippen LogP contribution in [0.1, 0.15) is 38.4 Å². The molecule has 2 N–H and O–H groups in total. The van der Waals surface area contributed by atoms with Crippen molar-refractivity contribution in [3.63, 3.8) is 0 Å². The first-order valence-corrected chi connectivity index (χ1v) is 6.15. The van der Waals surface area contributed by atoms with Gasteiger partial charge < -0.3 is 15.0 Å². The van der Waals surface area contributed by atoms with Crippen LogP contribution in [-0.2, 0) is 13.1 Å². The average Bonchev–Trinajstić information content (AvgIpc) is 2.66. The topological polar surface area (TPSA) is 50.1 Å². The van der Waals surface area contributed by atoms with E-state index in [0.29, 0.717) is 0 Å². The zero-order chi connectivity index (χ0) is 11.4. The van der Waals surface area contributed by atoms with Crippen LogP contribution in [-0.4, -0.2) is 26.8 Å². The number of aryl methyl sites for hydroxylation is 1. The molecule has 4 heteroatoms. The highest BCUT2D eigenvalue weighted by Gasteiger charge is 2.35. The summed E-state index contributed by atoms with van der Waals surface area (Å²) in [7, 11) is 0. The number of nitrogens with zero attached hydrogens (tertiary/aromatic N) is 2. The Morgan fingerprint density at radius 2 is 2.38 bits per heavy atom. The van der Waals surface area contributed by atoms with Crippen LogP contribution in [0.2, 0.25) is 0 Å². The molecule has 0 saturated heterocycles. The molecule has 0 atom stereocenters. The van der Waals surface area contributed by atoms with Crippen LogP contribution < -0.4 is 5.32 Å². The lowest BCUT2D eigenvalue weighted by atomic mass is 9.77. The number of hydrogen-bond donors (Lipinski definition) is 2. The monoisotopic (exact) mass is 223 g/mol. The minimum absolute atomic E-state index is 0.0248. The molecule has 1 aromatic heterocycles. The van der Waals surface area contributed by atoms with Crippen LogP contribution >= 0.6 is 0 Å². The van der Waals surface area contributed by atoms with Crippen molar-refractivity contribution in [1.82, 2.24) is 14.9 Å². The number of aliphatic hydroxyl groups excluding tert-OH is 1. The predicted octanol–water partition coefficient (Wildman–Crippen LogP) is 1.30. The Morgan fingerprint density at radius 1 is 1.56 bits per heavy atom. The third kappa shape index (κ3) is 2.28. The molecular formula is C12H21N3O. The van der Waals surface area contributed by atoms with Crippen molar-refractivity contribution in [2.24, 2.45) is 0 Å². The number of aliphatic hydroxyl groups is 1. The quantitative estimate of drug-likeness (QED) is 0.764. The summed E-state index contributed by atoms with van der Waals surface area (Å²) in [4.78, 5) is 4.35. The van der Waals surface area contributed by atoms with Gasteiger partial charge in [-0.1, -0.05) is 6.92 Å². The fourth-order valence-corrected chi connectivity index (χ4v) is 2.21. The first-order chi connectivity index (χ1) is 7.79. The SMILES string of the molecule is CCCn1ccnc1CNC1(CO)CCC1. The highest BCUT2D eigenvalue weighted by atomic mass is 16.3. The average molecular weight is 223 g/mol. The molecule has 1 aliphatic rings. The number of imidazole rings is 1. The second-order valence-corrected chi connectivity index (χ2v) is 4.68. The molecule has 1 aromatic rings. The zero-order valence-electron chi connectivity index (χ0n) is 9.95. The van der Waals surface area contributed by atoms with Gasteiger partial charge in [0.05, 0.1) is 13.2 Å². The van der Waals surface area contributed by atoms with Gasteiger partial charge in [0.15, 0.2) is 0 Å². The molecule has 90 valence electrons. The smallest absolute Gasteiger partial charge is 0.122 e. The van der Waals surface area contributed by atoms with E-state index in [1.54, 1.807) is 0 Å². The predicted molar refractivity (Wildman–Crippen MR) is 63.0 cm³/mol. The van der Waals surface area contributed by atoms with Crippen molar-refractivity contribution < 1.29 is 5.11 Å². The Hall–Kier alpha value is -0.870. The Bertz CT molecular complexity index is 325. The molecule has 0 unspecified atom stereocenters. The summed E-state index contributed by atoms with van der Waals surface area (Å²) in [6, 6.07) is 0. The van der Waals surface area contributed by atoms with Crippen LogP contribution in [0.4, 0.5) is 0 Å². The van der Waals surface area contributed by atoms with E-state index in [4.69, 9.17) is 0 Å².